The van der Waals surface area contributed by atoms with Gasteiger partial charge in [-0.15, -0.1) is 0 Å². The van der Waals surface area contributed by atoms with Gasteiger partial charge in [-0.1, -0.05) is 0 Å². The second-order valence-corrected chi connectivity index (χ2v) is 4.44. The van der Waals surface area contributed by atoms with Crippen LogP contribution in [0.1, 0.15) is 10.4 Å². The lowest BCUT2D eigenvalue weighted by Gasteiger charge is -2.00. The third-order valence-corrected chi connectivity index (χ3v) is 3.23. The van der Waals surface area contributed by atoms with Crippen LogP contribution < -0.4 is 0 Å². The number of H-pyrrole nitrogens is 1. The van der Waals surface area contributed by atoms with Crippen molar-refractivity contribution >= 4 is 17.2 Å². The van der Waals surface area contributed by atoms with Crippen molar-refractivity contribution in [1.82, 2.24) is 4.98 Å². The van der Waals surface area contributed by atoms with Gasteiger partial charge in [0.15, 0.2) is 29.6 Å². The number of rotatable bonds is 2. The molecule has 0 spiro atoms. The van der Waals surface area contributed by atoms with E-state index in [1.54, 1.807) is 0 Å². The summed E-state index contributed by atoms with van der Waals surface area (Å²) in [4.78, 5) is 13.8. The number of aromatic amines is 1. The van der Waals surface area contributed by atoms with Gasteiger partial charge < -0.3 is 4.98 Å². The molecule has 0 radical (unpaired) electrons. The van der Waals surface area contributed by atoms with Gasteiger partial charge in [0.1, 0.15) is 0 Å². The number of hydrogen-bond donors (Lipinski definition) is 1. The number of carbonyl (C=O) groups is 1. The summed E-state index contributed by atoms with van der Waals surface area (Å²) in [5.74, 6) is -4.35. The molecule has 3 aromatic rings. The second-order valence-electron chi connectivity index (χ2n) is 4.44. The van der Waals surface area contributed by atoms with E-state index >= 15 is 0 Å². The Labute approximate surface area is 116 Å². The molecule has 0 atom stereocenters. The first-order valence-electron chi connectivity index (χ1n) is 5.93. The van der Waals surface area contributed by atoms with Crippen molar-refractivity contribution in [1.29, 1.82) is 0 Å². The van der Waals surface area contributed by atoms with Crippen LogP contribution in [-0.2, 0) is 0 Å². The summed E-state index contributed by atoms with van der Waals surface area (Å²) in [5, 5.41) is 0.170. The van der Waals surface area contributed by atoms with Gasteiger partial charge in [-0.3, -0.25) is 4.79 Å². The Kier molecular flexibility index (Phi) is 3.01. The molecule has 2 nitrogen and oxygen atoms in total. The maximum atomic E-state index is 13.7. The normalized spacial score (nSPS) is 11.0. The molecule has 106 valence electrons. The van der Waals surface area contributed by atoms with Crippen LogP contribution in [0.5, 0.6) is 0 Å². The molecular weight excluding hydrogens is 286 g/mol. The van der Waals surface area contributed by atoms with Gasteiger partial charge in [-0.2, -0.15) is 0 Å². The number of aromatic nitrogens is 1. The Balaban J connectivity index is 2.34. The van der Waals surface area contributed by atoms with Crippen LogP contribution in [-0.4, -0.2) is 11.3 Å². The molecule has 6 heteroatoms. The fraction of sp³-hybridized carbons (Fsp3) is 0. The van der Waals surface area contributed by atoms with Crippen LogP contribution in [0.15, 0.2) is 30.3 Å². The van der Waals surface area contributed by atoms with E-state index in [4.69, 9.17) is 0 Å². The highest BCUT2D eigenvalue weighted by Crippen LogP contribution is 2.31. The SMILES string of the molecule is O=Cc1c(-c2ccc(F)c(F)c2)[nH]c2c(F)c(F)ccc12. The molecule has 0 bridgehead atoms. The van der Waals surface area contributed by atoms with Crippen molar-refractivity contribution in [3.8, 4) is 11.3 Å². The number of nitrogens with one attached hydrogen (secondary N) is 1. The Morgan fingerprint density at radius 1 is 0.905 bits per heavy atom. The van der Waals surface area contributed by atoms with Gasteiger partial charge in [0.2, 0.25) is 0 Å². The van der Waals surface area contributed by atoms with Crippen LogP contribution in [0, 0.1) is 23.3 Å². The molecule has 0 aliphatic carbocycles. The summed E-state index contributed by atoms with van der Waals surface area (Å²) >= 11 is 0. The lowest BCUT2D eigenvalue weighted by Crippen LogP contribution is -1.88. The summed E-state index contributed by atoms with van der Waals surface area (Å²) in [6, 6.07) is 5.15. The van der Waals surface area contributed by atoms with Crippen LogP contribution in [0.3, 0.4) is 0 Å². The standard InChI is InChI=1S/C15H7F4NO/c16-10-3-1-7(5-12(10)18)14-9(6-21)8-2-4-11(17)13(19)15(8)20-14/h1-6,20H. The Hall–Kier alpha value is -2.63. The van der Waals surface area contributed by atoms with E-state index in [-0.39, 0.29) is 27.7 Å². The molecule has 0 saturated heterocycles. The summed E-state index contributed by atoms with van der Waals surface area (Å²) in [6.07, 6.45) is 0.451. The average molecular weight is 293 g/mol. The van der Waals surface area contributed by atoms with Crippen LogP contribution in [0.2, 0.25) is 0 Å². The molecule has 0 aliphatic rings. The van der Waals surface area contributed by atoms with Gasteiger partial charge in [-0.05, 0) is 30.3 Å². The van der Waals surface area contributed by atoms with E-state index in [0.29, 0.717) is 6.29 Å². The summed E-state index contributed by atoms with van der Waals surface area (Å²) in [5.41, 5.74) is 0.113. The van der Waals surface area contributed by atoms with Crippen LogP contribution >= 0.6 is 0 Å². The first-order chi connectivity index (χ1) is 10.0. The minimum atomic E-state index is -1.13. The number of fused-ring (bicyclic) bond motifs is 1. The predicted octanol–water partition coefficient (Wildman–Crippen LogP) is 4.20. The molecule has 1 heterocycles. The molecule has 0 amide bonds. The topological polar surface area (TPSA) is 32.9 Å². The summed E-state index contributed by atoms with van der Waals surface area (Å²) in [7, 11) is 0. The van der Waals surface area contributed by atoms with Crippen LogP contribution in [0.4, 0.5) is 17.6 Å². The zero-order valence-corrected chi connectivity index (χ0v) is 10.4. The fourth-order valence-electron chi connectivity index (χ4n) is 2.23. The second kappa shape index (κ2) is 4.73. The van der Waals surface area contributed by atoms with E-state index in [2.05, 4.69) is 4.98 Å². The van der Waals surface area contributed by atoms with Crippen molar-refractivity contribution in [2.45, 2.75) is 0 Å². The number of carbonyl (C=O) groups excluding carboxylic acids is 1. The summed E-state index contributed by atoms with van der Waals surface area (Å²) < 4.78 is 53.2. The Morgan fingerprint density at radius 2 is 1.62 bits per heavy atom. The molecule has 1 aromatic heterocycles. The zero-order valence-electron chi connectivity index (χ0n) is 10.4. The van der Waals surface area contributed by atoms with Crippen LogP contribution in [0.25, 0.3) is 22.2 Å². The molecule has 0 saturated carbocycles. The van der Waals surface area contributed by atoms with Crippen molar-refractivity contribution in [3.05, 3.63) is 59.2 Å². The highest BCUT2D eigenvalue weighted by Gasteiger charge is 2.18. The van der Waals surface area contributed by atoms with Gasteiger partial charge >= 0.3 is 0 Å². The van der Waals surface area contributed by atoms with E-state index in [1.165, 1.54) is 12.1 Å². The third kappa shape index (κ3) is 1.99. The maximum absolute atomic E-state index is 13.7. The zero-order chi connectivity index (χ0) is 15.1. The van der Waals surface area contributed by atoms with Crippen molar-refractivity contribution in [3.63, 3.8) is 0 Å². The fourth-order valence-corrected chi connectivity index (χ4v) is 2.23. The number of halogens is 4. The predicted molar refractivity (Wildman–Crippen MR) is 69.0 cm³/mol. The van der Waals surface area contributed by atoms with E-state index in [0.717, 1.165) is 18.2 Å². The number of hydrogen-bond acceptors (Lipinski definition) is 1. The molecule has 3 rings (SSSR count). The van der Waals surface area contributed by atoms with E-state index in [9.17, 15) is 22.4 Å². The van der Waals surface area contributed by atoms with E-state index < -0.39 is 23.3 Å². The molecule has 21 heavy (non-hydrogen) atoms. The van der Waals surface area contributed by atoms with Gasteiger partial charge in [0.05, 0.1) is 11.2 Å². The largest absolute Gasteiger partial charge is 0.351 e. The molecular formula is C15H7F4NO. The average Bonchev–Trinajstić information content (AvgIpc) is 2.85. The highest BCUT2D eigenvalue weighted by molar-refractivity contribution is 6.04. The van der Waals surface area contributed by atoms with Crippen molar-refractivity contribution < 1.29 is 22.4 Å². The Morgan fingerprint density at radius 3 is 2.29 bits per heavy atom. The van der Waals surface area contributed by atoms with Crippen molar-refractivity contribution in [2.24, 2.45) is 0 Å². The molecule has 1 N–H and O–H groups in total. The van der Waals surface area contributed by atoms with Gasteiger partial charge in [0.25, 0.3) is 0 Å². The molecule has 0 aliphatic heterocycles. The minimum absolute atomic E-state index is 0.0508. The van der Waals surface area contributed by atoms with Gasteiger partial charge in [0, 0.05) is 16.5 Å². The number of aldehydes is 1. The quantitative estimate of drug-likeness (QED) is 0.557. The molecule has 2 aromatic carbocycles. The number of benzene rings is 2. The minimum Gasteiger partial charge on any atom is -0.351 e. The lowest BCUT2D eigenvalue weighted by molar-refractivity contribution is 0.112. The first kappa shape index (κ1) is 13.4. The smallest absolute Gasteiger partial charge is 0.182 e. The molecule has 0 unspecified atom stereocenters. The maximum Gasteiger partial charge on any atom is 0.182 e. The Bertz CT molecular complexity index is 870. The highest BCUT2D eigenvalue weighted by atomic mass is 19.2. The monoisotopic (exact) mass is 293 g/mol. The van der Waals surface area contributed by atoms with Crippen molar-refractivity contribution in [2.75, 3.05) is 0 Å². The third-order valence-electron chi connectivity index (χ3n) is 3.23. The first-order valence-corrected chi connectivity index (χ1v) is 5.93. The van der Waals surface area contributed by atoms with E-state index in [1.807, 2.05) is 0 Å². The molecule has 0 fully saturated rings. The van der Waals surface area contributed by atoms with Gasteiger partial charge in [-0.25, -0.2) is 17.6 Å². The lowest BCUT2D eigenvalue weighted by atomic mass is 10.1. The summed E-state index contributed by atoms with van der Waals surface area (Å²) in [6.45, 7) is 0.